The number of benzene rings is 1. The second-order valence-electron chi connectivity index (χ2n) is 5.46. The highest BCUT2D eigenvalue weighted by Crippen LogP contribution is 2.33. The van der Waals surface area contributed by atoms with Gasteiger partial charge in [-0.1, -0.05) is 29.8 Å². The first kappa shape index (κ1) is 14.5. The molecular formula is C16H25NO2. The van der Waals surface area contributed by atoms with Gasteiger partial charge < -0.3 is 14.8 Å². The Bertz CT molecular complexity index is 388. The van der Waals surface area contributed by atoms with Crippen molar-refractivity contribution >= 4 is 0 Å². The van der Waals surface area contributed by atoms with Gasteiger partial charge in [0, 0.05) is 32.2 Å². The predicted octanol–water partition coefficient (Wildman–Crippen LogP) is 2.28. The molecule has 2 rings (SSSR count). The standard InChI is InChI=1S/C16H25NO2/c1-14-5-3-6-15(11-14)16(12-17-13-16)7-4-8-19-10-9-18-2/h3,5-6,11,17H,4,7-10,12-13H2,1-2H3. The third-order valence-corrected chi connectivity index (χ3v) is 3.93. The first-order valence-electron chi connectivity index (χ1n) is 7.11. The number of methoxy groups -OCH3 is 1. The molecule has 1 N–H and O–H groups in total. The van der Waals surface area contributed by atoms with Crippen LogP contribution in [0.5, 0.6) is 0 Å². The second kappa shape index (κ2) is 7.04. The number of hydrogen-bond acceptors (Lipinski definition) is 3. The minimum absolute atomic E-state index is 0.330. The van der Waals surface area contributed by atoms with Gasteiger partial charge in [0.1, 0.15) is 0 Å². The van der Waals surface area contributed by atoms with Crippen molar-refractivity contribution in [1.29, 1.82) is 0 Å². The van der Waals surface area contributed by atoms with E-state index in [1.54, 1.807) is 7.11 Å². The summed E-state index contributed by atoms with van der Waals surface area (Å²) in [5, 5.41) is 3.42. The molecule has 1 aliphatic heterocycles. The van der Waals surface area contributed by atoms with E-state index in [2.05, 4.69) is 36.5 Å². The van der Waals surface area contributed by atoms with Gasteiger partial charge >= 0.3 is 0 Å². The van der Waals surface area contributed by atoms with Gasteiger partial charge in [0.15, 0.2) is 0 Å². The number of aryl methyl sites for hydroxylation is 1. The zero-order valence-electron chi connectivity index (χ0n) is 12.1. The average molecular weight is 263 g/mol. The quantitative estimate of drug-likeness (QED) is 0.730. The highest BCUT2D eigenvalue weighted by atomic mass is 16.5. The van der Waals surface area contributed by atoms with Gasteiger partial charge in [-0.15, -0.1) is 0 Å². The lowest BCUT2D eigenvalue weighted by molar-refractivity contribution is 0.0644. The van der Waals surface area contributed by atoms with Crippen LogP contribution in [0.4, 0.5) is 0 Å². The van der Waals surface area contributed by atoms with Crippen LogP contribution in [-0.2, 0) is 14.9 Å². The Kier molecular flexibility index (Phi) is 5.37. The molecule has 1 saturated heterocycles. The molecule has 19 heavy (non-hydrogen) atoms. The maximum absolute atomic E-state index is 5.55. The Morgan fingerprint density at radius 1 is 1.21 bits per heavy atom. The highest BCUT2D eigenvalue weighted by molar-refractivity contribution is 5.33. The summed E-state index contributed by atoms with van der Waals surface area (Å²) in [6, 6.07) is 8.92. The van der Waals surface area contributed by atoms with Crippen LogP contribution >= 0.6 is 0 Å². The van der Waals surface area contributed by atoms with Crippen molar-refractivity contribution in [3.63, 3.8) is 0 Å². The molecule has 0 bridgehead atoms. The molecule has 1 aromatic rings. The van der Waals surface area contributed by atoms with Gasteiger partial charge in [0.05, 0.1) is 13.2 Å². The summed E-state index contributed by atoms with van der Waals surface area (Å²) in [6.07, 6.45) is 2.30. The van der Waals surface area contributed by atoms with Crippen LogP contribution in [0.1, 0.15) is 24.0 Å². The lowest BCUT2D eigenvalue weighted by Gasteiger charge is -2.43. The van der Waals surface area contributed by atoms with Crippen LogP contribution in [0, 0.1) is 6.92 Å². The molecule has 0 atom stereocenters. The van der Waals surface area contributed by atoms with Crippen LogP contribution in [0.2, 0.25) is 0 Å². The Morgan fingerprint density at radius 2 is 2.05 bits per heavy atom. The molecule has 0 spiro atoms. The van der Waals surface area contributed by atoms with Gasteiger partial charge in [0.2, 0.25) is 0 Å². The van der Waals surface area contributed by atoms with Crippen molar-refractivity contribution in [2.24, 2.45) is 0 Å². The van der Waals surface area contributed by atoms with E-state index < -0.39 is 0 Å². The minimum atomic E-state index is 0.330. The number of ether oxygens (including phenoxy) is 2. The number of nitrogens with one attached hydrogen (secondary N) is 1. The van der Waals surface area contributed by atoms with Crippen molar-refractivity contribution in [2.75, 3.05) is 40.0 Å². The zero-order valence-corrected chi connectivity index (χ0v) is 12.1. The van der Waals surface area contributed by atoms with E-state index in [1.165, 1.54) is 17.5 Å². The predicted molar refractivity (Wildman–Crippen MR) is 77.7 cm³/mol. The van der Waals surface area contributed by atoms with Crippen LogP contribution in [-0.4, -0.2) is 40.0 Å². The Balaban J connectivity index is 1.82. The van der Waals surface area contributed by atoms with Crippen molar-refractivity contribution in [3.05, 3.63) is 35.4 Å². The van der Waals surface area contributed by atoms with Crippen LogP contribution in [0.15, 0.2) is 24.3 Å². The Morgan fingerprint density at radius 3 is 2.68 bits per heavy atom. The third kappa shape index (κ3) is 3.78. The molecule has 106 valence electrons. The van der Waals surface area contributed by atoms with Gasteiger partial charge in [0.25, 0.3) is 0 Å². The summed E-state index contributed by atoms with van der Waals surface area (Å²) in [5.41, 5.74) is 3.15. The van der Waals surface area contributed by atoms with Crippen LogP contribution < -0.4 is 5.32 Å². The normalized spacial score (nSPS) is 17.2. The molecular weight excluding hydrogens is 238 g/mol. The minimum Gasteiger partial charge on any atom is -0.382 e. The van der Waals surface area contributed by atoms with Crippen molar-refractivity contribution in [1.82, 2.24) is 5.32 Å². The van der Waals surface area contributed by atoms with Crippen LogP contribution in [0.3, 0.4) is 0 Å². The third-order valence-electron chi connectivity index (χ3n) is 3.93. The molecule has 1 fully saturated rings. The lowest BCUT2D eigenvalue weighted by Crippen LogP contribution is -2.56. The fourth-order valence-corrected chi connectivity index (χ4v) is 2.68. The Labute approximate surface area is 116 Å². The maximum Gasteiger partial charge on any atom is 0.0700 e. The molecule has 1 aromatic carbocycles. The first-order chi connectivity index (χ1) is 9.27. The summed E-state index contributed by atoms with van der Waals surface area (Å²) in [7, 11) is 1.70. The van der Waals surface area contributed by atoms with E-state index in [1.807, 2.05) is 0 Å². The molecule has 0 saturated carbocycles. The van der Waals surface area contributed by atoms with Gasteiger partial charge in [-0.05, 0) is 25.3 Å². The molecule has 0 unspecified atom stereocenters. The molecule has 3 heteroatoms. The van der Waals surface area contributed by atoms with E-state index in [9.17, 15) is 0 Å². The van der Waals surface area contributed by atoms with E-state index in [0.29, 0.717) is 18.6 Å². The average Bonchev–Trinajstić information content (AvgIpc) is 2.36. The number of hydrogen-bond donors (Lipinski definition) is 1. The largest absolute Gasteiger partial charge is 0.382 e. The second-order valence-corrected chi connectivity index (χ2v) is 5.46. The lowest BCUT2D eigenvalue weighted by atomic mass is 9.71. The van der Waals surface area contributed by atoms with E-state index in [4.69, 9.17) is 9.47 Å². The molecule has 1 aliphatic rings. The fourth-order valence-electron chi connectivity index (χ4n) is 2.68. The SMILES string of the molecule is COCCOCCCC1(c2cccc(C)c2)CNC1. The topological polar surface area (TPSA) is 30.5 Å². The molecule has 0 radical (unpaired) electrons. The fraction of sp³-hybridized carbons (Fsp3) is 0.625. The summed E-state index contributed by atoms with van der Waals surface area (Å²) in [4.78, 5) is 0. The molecule has 1 heterocycles. The van der Waals surface area contributed by atoms with Gasteiger partial charge in [-0.25, -0.2) is 0 Å². The van der Waals surface area contributed by atoms with E-state index >= 15 is 0 Å². The van der Waals surface area contributed by atoms with Gasteiger partial charge in [-0.2, -0.15) is 0 Å². The Hall–Kier alpha value is -0.900. The van der Waals surface area contributed by atoms with Crippen molar-refractivity contribution < 1.29 is 9.47 Å². The smallest absolute Gasteiger partial charge is 0.0700 e. The first-order valence-corrected chi connectivity index (χ1v) is 7.11. The molecule has 0 amide bonds. The van der Waals surface area contributed by atoms with Crippen molar-refractivity contribution in [3.8, 4) is 0 Å². The maximum atomic E-state index is 5.55. The molecule has 0 aliphatic carbocycles. The summed E-state index contributed by atoms with van der Waals surface area (Å²) in [5.74, 6) is 0. The molecule has 0 aromatic heterocycles. The summed E-state index contributed by atoms with van der Waals surface area (Å²) in [6.45, 7) is 6.56. The van der Waals surface area contributed by atoms with Crippen LogP contribution in [0.25, 0.3) is 0 Å². The molecule has 3 nitrogen and oxygen atoms in total. The highest BCUT2D eigenvalue weighted by Gasteiger charge is 2.37. The monoisotopic (exact) mass is 263 g/mol. The van der Waals surface area contributed by atoms with E-state index in [-0.39, 0.29) is 0 Å². The van der Waals surface area contributed by atoms with E-state index in [0.717, 1.165) is 26.1 Å². The zero-order chi connectivity index (χ0) is 13.6. The summed E-state index contributed by atoms with van der Waals surface area (Å²) >= 11 is 0. The van der Waals surface area contributed by atoms with Gasteiger partial charge in [-0.3, -0.25) is 0 Å². The summed E-state index contributed by atoms with van der Waals surface area (Å²) < 4.78 is 10.5. The van der Waals surface area contributed by atoms with Crippen molar-refractivity contribution in [2.45, 2.75) is 25.2 Å². The number of rotatable bonds is 8.